The lowest BCUT2D eigenvalue weighted by Gasteiger charge is -2.11. The first-order valence-corrected chi connectivity index (χ1v) is 6.22. The largest absolute Gasteiger partial charge is 0.492 e. The van der Waals surface area contributed by atoms with Gasteiger partial charge in [0.25, 0.3) is 0 Å². The van der Waals surface area contributed by atoms with Crippen LogP contribution >= 0.6 is 11.3 Å². The molecule has 0 atom stereocenters. The van der Waals surface area contributed by atoms with Gasteiger partial charge in [0.05, 0.1) is 18.8 Å². The summed E-state index contributed by atoms with van der Waals surface area (Å²) in [4.78, 5) is 4.17. The van der Waals surface area contributed by atoms with Crippen LogP contribution in [0.15, 0.2) is 29.8 Å². The van der Waals surface area contributed by atoms with Crippen molar-refractivity contribution in [3.05, 3.63) is 40.6 Å². The van der Waals surface area contributed by atoms with Crippen LogP contribution in [0.2, 0.25) is 0 Å². The number of nitrogens with zero attached hydrogens (tertiary/aromatic N) is 1. The van der Waals surface area contributed by atoms with Crippen molar-refractivity contribution in [1.29, 1.82) is 0 Å². The molecule has 3 nitrogen and oxygen atoms in total. The number of ether oxygens (including phenoxy) is 1. The predicted octanol–water partition coefficient (Wildman–Crippen LogP) is 3.29. The Hall–Kier alpha value is -1.62. The lowest BCUT2D eigenvalue weighted by Crippen LogP contribution is -2.02. The number of aromatic nitrogens is 1. The highest BCUT2D eigenvalue weighted by Crippen LogP contribution is 2.26. The first kappa shape index (κ1) is 11.9. The lowest BCUT2D eigenvalue weighted by atomic mass is 10.3. The van der Waals surface area contributed by atoms with Crippen LogP contribution in [0.3, 0.4) is 0 Å². The van der Waals surface area contributed by atoms with E-state index in [0.29, 0.717) is 18.9 Å². The van der Waals surface area contributed by atoms with Crippen LogP contribution in [0.4, 0.5) is 10.1 Å². The van der Waals surface area contributed by atoms with Crippen molar-refractivity contribution in [2.45, 2.75) is 13.5 Å². The molecule has 1 heterocycles. The van der Waals surface area contributed by atoms with Crippen LogP contribution in [-0.2, 0) is 6.54 Å². The minimum absolute atomic E-state index is 0.298. The molecule has 0 aliphatic rings. The Balaban J connectivity index is 2.08. The molecule has 0 saturated heterocycles. The zero-order chi connectivity index (χ0) is 12.1. The molecular weight excluding hydrogens is 239 g/mol. The Bertz CT molecular complexity index is 473. The van der Waals surface area contributed by atoms with E-state index < -0.39 is 0 Å². The molecule has 1 aromatic carbocycles. The maximum atomic E-state index is 13.1. The molecule has 2 aromatic rings. The second kappa shape index (κ2) is 5.63. The fraction of sp³-hybridized carbons (Fsp3) is 0.250. The number of rotatable bonds is 5. The fourth-order valence-corrected chi connectivity index (χ4v) is 1.98. The Morgan fingerprint density at radius 3 is 3.06 bits per heavy atom. The third-order valence-electron chi connectivity index (χ3n) is 2.16. The molecule has 0 unspecified atom stereocenters. The van der Waals surface area contributed by atoms with E-state index in [1.165, 1.54) is 12.1 Å². The molecule has 2 rings (SSSR count). The molecule has 0 fully saturated rings. The molecule has 0 saturated carbocycles. The molecule has 0 radical (unpaired) electrons. The van der Waals surface area contributed by atoms with Crippen LogP contribution in [0.25, 0.3) is 0 Å². The van der Waals surface area contributed by atoms with Crippen molar-refractivity contribution in [3.8, 4) is 5.75 Å². The second-order valence-corrected chi connectivity index (χ2v) is 4.33. The maximum absolute atomic E-state index is 13.1. The third-order valence-corrected chi connectivity index (χ3v) is 2.94. The highest BCUT2D eigenvalue weighted by Gasteiger charge is 2.05. The molecule has 90 valence electrons. The molecule has 0 aliphatic heterocycles. The average molecular weight is 252 g/mol. The van der Waals surface area contributed by atoms with E-state index in [-0.39, 0.29) is 5.82 Å². The molecule has 1 aromatic heterocycles. The molecular formula is C12H13FN2OS. The van der Waals surface area contributed by atoms with Gasteiger partial charge in [-0.15, -0.1) is 11.3 Å². The summed E-state index contributed by atoms with van der Waals surface area (Å²) < 4.78 is 18.4. The SMILES string of the molecule is CCOc1cc(F)ccc1NCc1nccs1. The molecule has 17 heavy (non-hydrogen) atoms. The van der Waals surface area contributed by atoms with Crippen LogP contribution in [0.5, 0.6) is 5.75 Å². The summed E-state index contributed by atoms with van der Waals surface area (Å²) in [6, 6.07) is 4.47. The molecule has 5 heteroatoms. The minimum atomic E-state index is -0.298. The number of thiazole rings is 1. The summed E-state index contributed by atoms with van der Waals surface area (Å²) in [5, 5.41) is 6.09. The summed E-state index contributed by atoms with van der Waals surface area (Å²) in [5.41, 5.74) is 0.781. The lowest BCUT2D eigenvalue weighted by molar-refractivity contribution is 0.340. The number of benzene rings is 1. The van der Waals surface area contributed by atoms with E-state index in [4.69, 9.17) is 4.74 Å². The van der Waals surface area contributed by atoms with Crippen molar-refractivity contribution in [2.75, 3.05) is 11.9 Å². The molecule has 0 spiro atoms. The van der Waals surface area contributed by atoms with E-state index >= 15 is 0 Å². The molecule has 0 aliphatic carbocycles. The fourth-order valence-electron chi connectivity index (χ4n) is 1.43. The minimum Gasteiger partial charge on any atom is -0.492 e. The zero-order valence-electron chi connectivity index (χ0n) is 9.44. The van der Waals surface area contributed by atoms with Gasteiger partial charge in [-0.1, -0.05) is 0 Å². The van der Waals surface area contributed by atoms with Gasteiger partial charge in [0.1, 0.15) is 16.6 Å². The van der Waals surface area contributed by atoms with Crippen molar-refractivity contribution in [3.63, 3.8) is 0 Å². The van der Waals surface area contributed by atoms with Crippen LogP contribution in [-0.4, -0.2) is 11.6 Å². The predicted molar refractivity (Wildman–Crippen MR) is 67.0 cm³/mol. The van der Waals surface area contributed by atoms with E-state index in [1.54, 1.807) is 23.6 Å². The van der Waals surface area contributed by atoms with E-state index in [0.717, 1.165) is 10.7 Å². The highest BCUT2D eigenvalue weighted by atomic mass is 32.1. The summed E-state index contributed by atoms with van der Waals surface area (Å²) in [6.45, 7) is 2.99. The van der Waals surface area contributed by atoms with Gasteiger partial charge in [-0.3, -0.25) is 0 Å². The van der Waals surface area contributed by atoms with Crippen LogP contribution in [0.1, 0.15) is 11.9 Å². The van der Waals surface area contributed by atoms with E-state index in [2.05, 4.69) is 10.3 Å². The van der Waals surface area contributed by atoms with Crippen LogP contribution in [0, 0.1) is 5.82 Å². The van der Waals surface area contributed by atoms with Crippen molar-refractivity contribution < 1.29 is 9.13 Å². The topological polar surface area (TPSA) is 34.1 Å². The Morgan fingerprint density at radius 2 is 2.35 bits per heavy atom. The monoisotopic (exact) mass is 252 g/mol. The summed E-state index contributed by atoms with van der Waals surface area (Å²) in [5.74, 6) is 0.234. The quantitative estimate of drug-likeness (QED) is 0.886. The van der Waals surface area contributed by atoms with E-state index in [1.807, 2.05) is 12.3 Å². The number of anilines is 1. The van der Waals surface area contributed by atoms with Gasteiger partial charge in [0.15, 0.2) is 0 Å². The average Bonchev–Trinajstić information content (AvgIpc) is 2.81. The maximum Gasteiger partial charge on any atom is 0.145 e. The van der Waals surface area contributed by atoms with Gasteiger partial charge in [0.2, 0.25) is 0 Å². The molecule has 0 amide bonds. The van der Waals surface area contributed by atoms with Gasteiger partial charge in [-0.2, -0.15) is 0 Å². The highest BCUT2D eigenvalue weighted by molar-refractivity contribution is 7.09. The Kier molecular flexibility index (Phi) is 3.93. The standard InChI is InChI=1S/C12H13FN2OS/c1-2-16-11-7-9(13)3-4-10(11)15-8-12-14-5-6-17-12/h3-7,15H,2,8H2,1H3. The smallest absolute Gasteiger partial charge is 0.145 e. The van der Waals surface area contributed by atoms with Crippen molar-refractivity contribution in [1.82, 2.24) is 4.98 Å². The van der Waals surface area contributed by atoms with Crippen molar-refractivity contribution in [2.24, 2.45) is 0 Å². The normalized spacial score (nSPS) is 10.2. The second-order valence-electron chi connectivity index (χ2n) is 3.35. The summed E-state index contributed by atoms with van der Waals surface area (Å²) >= 11 is 1.58. The Labute approximate surface area is 103 Å². The number of hydrogen-bond acceptors (Lipinski definition) is 4. The van der Waals surface area contributed by atoms with Gasteiger partial charge in [-0.05, 0) is 19.1 Å². The number of hydrogen-bond donors (Lipinski definition) is 1. The van der Waals surface area contributed by atoms with E-state index in [9.17, 15) is 4.39 Å². The molecule has 0 bridgehead atoms. The summed E-state index contributed by atoms with van der Waals surface area (Å²) in [7, 11) is 0. The van der Waals surface area contributed by atoms with Gasteiger partial charge >= 0.3 is 0 Å². The van der Waals surface area contributed by atoms with Gasteiger partial charge < -0.3 is 10.1 Å². The number of nitrogens with one attached hydrogen (secondary N) is 1. The first-order chi connectivity index (χ1) is 8.29. The van der Waals surface area contributed by atoms with Crippen LogP contribution < -0.4 is 10.1 Å². The first-order valence-electron chi connectivity index (χ1n) is 5.34. The van der Waals surface area contributed by atoms with Gasteiger partial charge in [-0.25, -0.2) is 9.37 Å². The van der Waals surface area contributed by atoms with Crippen molar-refractivity contribution >= 4 is 17.0 Å². The Morgan fingerprint density at radius 1 is 1.47 bits per heavy atom. The zero-order valence-corrected chi connectivity index (χ0v) is 10.3. The molecule has 1 N–H and O–H groups in total. The van der Waals surface area contributed by atoms with Gasteiger partial charge in [0, 0.05) is 17.6 Å². The third kappa shape index (κ3) is 3.17. The number of halogens is 1. The summed E-state index contributed by atoms with van der Waals surface area (Å²) in [6.07, 6.45) is 1.76.